The average Bonchev–Trinajstić information content (AvgIpc) is 2.35. The number of hydrogen-bond acceptors (Lipinski definition) is 3. The minimum atomic E-state index is -0.301. The van der Waals surface area contributed by atoms with Gasteiger partial charge in [0.25, 0.3) is 0 Å². The Labute approximate surface area is 97.3 Å². The molecular formula is C13H11N3O. The molecule has 0 bridgehead atoms. The highest BCUT2D eigenvalue weighted by Gasteiger charge is 2.05. The molecule has 4 nitrogen and oxygen atoms in total. The molecule has 0 saturated heterocycles. The first-order valence-corrected chi connectivity index (χ1v) is 5.55. The van der Waals surface area contributed by atoms with Crippen LogP contribution in [0.2, 0.25) is 0 Å². The molecule has 0 unspecified atom stereocenters. The number of benzene rings is 1. The first-order chi connectivity index (χ1) is 8.28. The lowest BCUT2D eigenvalue weighted by Gasteiger charge is -2.04. The maximum absolute atomic E-state index is 11.4. The number of H-pyrrole nitrogens is 1. The number of aromatic amines is 1. The maximum Gasteiger partial charge on any atom is 0.345 e. The van der Waals surface area contributed by atoms with Gasteiger partial charge in [-0.25, -0.2) is 4.79 Å². The van der Waals surface area contributed by atoms with Crippen molar-refractivity contribution >= 4 is 21.8 Å². The Morgan fingerprint density at radius 1 is 1.29 bits per heavy atom. The van der Waals surface area contributed by atoms with Gasteiger partial charge in [-0.2, -0.15) is 4.98 Å². The van der Waals surface area contributed by atoms with E-state index in [1.807, 2.05) is 31.2 Å². The molecule has 0 aliphatic rings. The van der Waals surface area contributed by atoms with Gasteiger partial charge in [0.15, 0.2) is 0 Å². The SMILES string of the molecule is CCc1[nH]c(=O)nc2cc3ncccc3cc12. The van der Waals surface area contributed by atoms with Crippen molar-refractivity contribution in [3.8, 4) is 0 Å². The predicted molar refractivity (Wildman–Crippen MR) is 67.0 cm³/mol. The summed E-state index contributed by atoms with van der Waals surface area (Å²) >= 11 is 0. The molecule has 0 spiro atoms. The maximum atomic E-state index is 11.4. The molecular weight excluding hydrogens is 214 g/mol. The van der Waals surface area contributed by atoms with Gasteiger partial charge < -0.3 is 4.98 Å². The Hall–Kier alpha value is -2.23. The van der Waals surface area contributed by atoms with Gasteiger partial charge in [-0.3, -0.25) is 4.98 Å². The smallest absolute Gasteiger partial charge is 0.309 e. The third-order valence-corrected chi connectivity index (χ3v) is 2.88. The molecule has 4 heteroatoms. The second-order valence-electron chi connectivity index (χ2n) is 3.94. The Balaban J connectivity index is 2.51. The molecule has 2 heterocycles. The summed E-state index contributed by atoms with van der Waals surface area (Å²) in [5, 5.41) is 2.05. The third-order valence-electron chi connectivity index (χ3n) is 2.88. The van der Waals surface area contributed by atoms with Gasteiger partial charge in [-0.1, -0.05) is 13.0 Å². The van der Waals surface area contributed by atoms with E-state index in [9.17, 15) is 4.79 Å². The highest BCUT2D eigenvalue weighted by molar-refractivity contribution is 5.95. The summed E-state index contributed by atoms with van der Waals surface area (Å²) in [4.78, 5) is 22.4. The lowest BCUT2D eigenvalue weighted by atomic mass is 10.1. The highest BCUT2D eigenvalue weighted by atomic mass is 16.1. The van der Waals surface area contributed by atoms with Crippen LogP contribution in [0.1, 0.15) is 12.6 Å². The fourth-order valence-electron chi connectivity index (χ4n) is 2.06. The zero-order valence-corrected chi connectivity index (χ0v) is 9.40. The normalized spacial score (nSPS) is 11.1. The summed E-state index contributed by atoms with van der Waals surface area (Å²) in [6.07, 6.45) is 2.52. The molecule has 2 aromatic heterocycles. The molecule has 0 fully saturated rings. The van der Waals surface area contributed by atoms with Crippen LogP contribution in [0.15, 0.2) is 35.3 Å². The topological polar surface area (TPSA) is 58.6 Å². The van der Waals surface area contributed by atoms with Crippen LogP contribution in [0.4, 0.5) is 0 Å². The summed E-state index contributed by atoms with van der Waals surface area (Å²) < 4.78 is 0. The van der Waals surface area contributed by atoms with Crippen molar-refractivity contribution in [2.45, 2.75) is 13.3 Å². The fourth-order valence-corrected chi connectivity index (χ4v) is 2.06. The second-order valence-corrected chi connectivity index (χ2v) is 3.94. The van der Waals surface area contributed by atoms with Crippen molar-refractivity contribution in [2.24, 2.45) is 0 Å². The van der Waals surface area contributed by atoms with Crippen LogP contribution in [0.3, 0.4) is 0 Å². The summed E-state index contributed by atoms with van der Waals surface area (Å²) in [7, 11) is 0. The number of pyridine rings is 1. The van der Waals surface area contributed by atoms with Crippen molar-refractivity contribution in [3.05, 3.63) is 46.6 Å². The van der Waals surface area contributed by atoms with E-state index < -0.39 is 0 Å². The van der Waals surface area contributed by atoms with Gasteiger partial charge in [0.1, 0.15) is 0 Å². The Bertz CT molecular complexity index is 761. The summed E-state index contributed by atoms with van der Waals surface area (Å²) in [5.41, 5.74) is 2.19. The molecule has 0 amide bonds. The van der Waals surface area contributed by atoms with E-state index in [0.29, 0.717) is 5.52 Å². The van der Waals surface area contributed by atoms with E-state index in [1.54, 1.807) is 6.20 Å². The van der Waals surface area contributed by atoms with Gasteiger partial charge in [-0.15, -0.1) is 0 Å². The molecule has 1 aromatic carbocycles. The van der Waals surface area contributed by atoms with Gasteiger partial charge in [0.05, 0.1) is 11.0 Å². The van der Waals surface area contributed by atoms with E-state index in [-0.39, 0.29) is 5.69 Å². The van der Waals surface area contributed by atoms with E-state index in [0.717, 1.165) is 28.4 Å². The quantitative estimate of drug-likeness (QED) is 0.645. The number of fused-ring (bicyclic) bond motifs is 2. The van der Waals surface area contributed by atoms with Crippen molar-refractivity contribution in [3.63, 3.8) is 0 Å². The Morgan fingerprint density at radius 3 is 3.00 bits per heavy atom. The van der Waals surface area contributed by atoms with Gasteiger partial charge >= 0.3 is 5.69 Å². The summed E-state index contributed by atoms with van der Waals surface area (Å²) in [6.45, 7) is 2.01. The van der Waals surface area contributed by atoms with Crippen LogP contribution in [-0.2, 0) is 6.42 Å². The van der Waals surface area contributed by atoms with E-state index in [2.05, 4.69) is 15.0 Å². The van der Waals surface area contributed by atoms with Crippen LogP contribution in [0.25, 0.3) is 21.8 Å². The van der Waals surface area contributed by atoms with Crippen molar-refractivity contribution < 1.29 is 0 Å². The first kappa shape index (κ1) is 9.96. The fraction of sp³-hybridized carbons (Fsp3) is 0.154. The molecule has 3 rings (SSSR count). The van der Waals surface area contributed by atoms with Crippen molar-refractivity contribution in [1.82, 2.24) is 15.0 Å². The molecule has 1 N–H and O–H groups in total. The van der Waals surface area contributed by atoms with Crippen LogP contribution in [-0.4, -0.2) is 15.0 Å². The zero-order chi connectivity index (χ0) is 11.8. The number of rotatable bonds is 1. The van der Waals surface area contributed by atoms with E-state index in [4.69, 9.17) is 0 Å². The average molecular weight is 225 g/mol. The predicted octanol–water partition coefficient (Wildman–Crippen LogP) is 2.03. The molecule has 0 aliphatic heterocycles. The largest absolute Gasteiger partial charge is 0.345 e. The van der Waals surface area contributed by atoms with Gasteiger partial charge in [0, 0.05) is 22.7 Å². The molecule has 0 aliphatic carbocycles. The van der Waals surface area contributed by atoms with E-state index in [1.165, 1.54) is 0 Å². The second kappa shape index (κ2) is 3.66. The number of nitrogens with zero attached hydrogens (tertiary/aromatic N) is 2. The molecule has 84 valence electrons. The number of aromatic nitrogens is 3. The monoisotopic (exact) mass is 225 g/mol. The van der Waals surface area contributed by atoms with Crippen LogP contribution >= 0.6 is 0 Å². The van der Waals surface area contributed by atoms with Crippen molar-refractivity contribution in [2.75, 3.05) is 0 Å². The summed E-state index contributed by atoms with van der Waals surface area (Å²) in [5.74, 6) is 0. The number of nitrogens with one attached hydrogen (secondary N) is 1. The lowest BCUT2D eigenvalue weighted by molar-refractivity contribution is 0.990. The third kappa shape index (κ3) is 1.58. The van der Waals surface area contributed by atoms with Crippen LogP contribution in [0.5, 0.6) is 0 Å². The van der Waals surface area contributed by atoms with Gasteiger partial charge in [0.2, 0.25) is 0 Å². The number of aryl methyl sites for hydroxylation is 1. The standard InChI is InChI=1S/C13H11N3O/c1-2-10-9-6-8-4-3-5-14-11(8)7-12(9)16-13(17)15-10/h3-7H,2H2,1H3,(H,15,16,17). The number of hydrogen-bond donors (Lipinski definition) is 1. The van der Waals surface area contributed by atoms with Crippen molar-refractivity contribution in [1.29, 1.82) is 0 Å². The highest BCUT2D eigenvalue weighted by Crippen LogP contribution is 2.20. The zero-order valence-electron chi connectivity index (χ0n) is 9.40. The molecule has 0 atom stereocenters. The first-order valence-electron chi connectivity index (χ1n) is 5.55. The molecule has 0 radical (unpaired) electrons. The van der Waals surface area contributed by atoms with Crippen LogP contribution in [0, 0.1) is 0 Å². The molecule has 3 aromatic rings. The molecule has 0 saturated carbocycles. The lowest BCUT2D eigenvalue weighted by Crippen LogP contribution is -2.12. The Morgan fingerprint density at radius 2 is 2.18 bits per heavy atom. The minimum Gasteiger partial charge on any atom is -0.309 e. The van der Waals surface area contributed by atoms with Gasteiger partial charge in [-0.05, 0) is 24.6 Å². The molecule has 17 heavy (non-hydrogen) atoms. The summed E-state index contributed by atoms with van der Waals surface area (Å²) in [6, 6.07) is 7.80. The minimum absolute atomic E-state index is 0.301. The van der Waals surface area contributed by atoms with E-state index >= 15 is 0 Å². The van der Waals surface area contributed by atoms with Crippen LogP contribution < -0.4 is 5.69 Å². The Kier molecular flexibility index (Phi) is 2.14.